The Morgan fingerprint density at radius 1 is 1.50 bits per heavy atom. The molecule has 0 aliphatic rings. The van der Waals surface area contributed by atoms with Gasteiger partial charge in [0.25, 0.3) is 0 Å². The zero-order valence-electron chi connectivity index (χ0n) is 8.43. The summed E-state index contributed by atoms with van der Waals surface area (Å²) in [6, 6.07) is 0. The van der Waals surface area contributed by atoms with E-state index in [-0.39, 0.29) is 0 Å². The van der Waals surface area contributed by atoms with Gasteiger partial charge in [-0.05, 0) is 19.9 Å². The maximum Gasteiger partial charge on any atom is 0.146 e. The van der Waals surface area contributed by atoms with Crippen molar-refractivity contribution in [1.82, 2.24) is 0 Å². The van der Waals surface area contributed by atoms with E-state index in [1.807, 2.05) is 6.92 Å². The molecule has 0 N–H and O–H groups in total. The molecule has 1 atom stereocenters. The van der Waals surface area contributed by atoms with Crippen LogP contribution in [0.1, 0.15) is 40.0 Å². The Kier molecular flexibility index (Phi) is 7.47. The molecule has 0 aliphatic heterocycles. The highest BCUT2D eigenvalue weighted by molar-refractivity contribution is 8.03. The zero-order valence-corrected chi connectivity index (χ0v) is 9.25. The van der Waals surface area contributed by atoms with Crippen LogP contribution in [0.3, 0.4) is 0 Å². The molecule has 1 unspecified atom stereocenters. The number of ether oxygens (including phenoxy) is 1. The normalized spacial score (nSPS) is 12.6. The Morgan fingerprint density at radius 3 is 2.67 bits per heavy atom. The van der Waals surface area contributed by atoms with E-state index in [1.165, 1.54) is 19.3 Å². The van der Waals surface area contributed by atoms with Gasteiger partial charge in [0, 0.05) is 5.25 Å². The van der Waals surface area contributed by atoms with Crippen molar-refractivity contribution in [2.24, 2.45) is 0 Å². The Labute approximate surface area is 80.6 Å². The van der Waals surface area contributed by atoms with Crippen molar-refractivity contribution in [2.75, 3.05) is 6.61 Å². The van der Waals surface area contributed by atoms with E-state index in [9.17, 15) is 0 Å². The van der Waals surface area contributed by atoms with Crippen LogP contribution in [-0.4, -0.2) is 11.9 Å². The minimum atomic E-state index is 0.643. The van der Waals surface area contributed by atoms with E-state index < -0.39 is 0 Å². The first-order valence-electron chi connectivity index (χ1n) is 4.69. The number of thioether (sulfide) groups is 1. The van der Waals surface area contributed by atoms with Crippen molar-refractivity contribution < 1.29 is 4.74 Å². The molecular weight excluding hydrogens is 168 g/mol. The van der Waals surface area contributed by atoms with Crippen LogP contribution < -0.4 is 0 Å². The fourth-order valence-corrected chi connectivity index (χ4v) is 1.89. The van der Waals surface area contributed by atoms with Crippen molar-refractivity contribution >= 4 is 11.8 Å². The molecule has 0 aromatic rings. The lowest BCUT2D eigenvalue weighted by molar-refractivity contribution is 0.259. The summed E-state index contributed by atoms with van der Waals surface area (Å²) >= 11 is 1.75. The molecule has 72 valence electrons. The van der Waals surface area contributed by atoms with Crippen LogP contribution in [-0.2, 0) is 4.74 Å². The van der Waals surface area contributed by atoms with Gasteiger partial charge in [-0.3, -0.25) is 0 Å². The largest absolute Gasteiger partial charge is 0.488 e. The summed E-state index contributed by atoms with van der Waals surface area (Å²) in [5, 5.41) is 1.50. The minimum Gasteiger partial charge on any atom is -0.488 e. The smallest absolute Gasteiger partial charge is 0.146 e. The molecular formula is C10H20OS. The molecule has 0 aromatic carbocycles. The van der Waals surface area contributed by atoms with Crippen LogP contribution in [0.5, 0.6) is 0 Å². The van der Waals surface area contributed by atoms with Gasteiger partial charge in [0.15, 0.2) is 0 Å². The highest BCUT2D eigenvalue weighted by atomic mass is 32.2. The van der Waals surface area contributed by atoms with Gasteiger partial charge in [0.05, 0.1) is 6.61 Å². The molecule has 0 saturated heterocycles. The lowest BCUT2D eigenvalue weighted by atomic mass is 10.2. The van der Waals surface area contributed by atoms with E-state index in [0.717, 1.165) is 11.7 Å². The van der Waals surface area contributed by atoms with Crippen LogP contribution in [0.15, 0.2) is 11.7 Å². The Balaban J connectivity index is 3.40. The Morgan fingerprint density at radius 2 is 2.17 bits per heavy atom. The van der Waals surface area contributed by atoms with E-state index in [4.69, 9.17) is 4.74 Å². The second-order valence-corrected chi connectivity index (χ2v) is 4.37. The Bertz CT molecular complexity index is 123. The third-order valence-corrected chi connectivity index (χ3v) is 2.62. The van der Waals surface area contributed by atoms with Gasteiger partial charge in [-0.15, -0.1) is 0 Å². The molecule has 0 spiro atoms. The summed E-state index contributed by atoms with van der Waals surface area (Å²) in [4.78, 5) is 0. The molecule has 0 amide bonds. The second-order valence-electron chi connectivity index (χ2n) is 2.88. The van der Waals surface area contributed by atoms with Gasteiger partial charge in [-0.25, -0.2) is 0 Å². The Hall–Kier alpha value is -0.110. The van der Waals surface area contributed by atoms with E-state index in [1.54, 1.807) is 11.8 Å². The molecule has 0 aromatic heterocycles. The first kappa shape index (κ1) is 11.9. The van der Waals surface area contributed by atoms with Gasteiger partial charge in [-0.1, -0.05) is 38.5 Å². The van der Waals surface area contributed by atoms with Crippen molar-refractivity contribution in [2.45, 2.75) is 45.3 Å². The highest BCUT2D eigenvalue weighted by Gasteiger charge is 2.04. The first-order chi connectivity index (χ1) is 5.70. The summed E-state index contributed by atoms with van der Waals surface area (Å²) in [7, 11) is 0. The molecule has 0 fully saturated rings. The van der Waals surface area contributed by atoms with Crippen LogP contribution in [0.25, 0.3) is 0 Å². The minimum absolute atomic E-state index is 0.643. The van der Waals surface area contributed by atoms with E-state index in [0.29, 0.717) is 5.25 Å². The second kappa shape index (κ2) is 7.53. The molecule has 0 rings (SSSR count). The highest BCUT2D eigenvalue weighted by Crippen LogP contribution is 2.24. The quantitative estimate of drug-likeness (QED) is 0.562. The fraction of sp³-hybridized carbons (Fsp3) is 0.800. The van der Waals surface area contributed by atoms with E-state index in [2.05, 4.69) is 20.4 Å². The van der Waals surface area contributed by atoms with Crippen LogP contribution in [0.2, 0.25) is 0 Å². The molecule has 1 nitrogen and oxygen atoms in total. The molecule has 12 heavy (non-hydrogen) atoms. The maximum absolute atomic E-state index is 5.26. The van der Waals surface area contributed by atoms with Crippen LogP contribution >= 0.6 is 11.8 Å². The monoisotopic (exact) mass is 188 g/mol. The predicted octanol–water partition coefficient (Wildman–Crippen LogP) is 3.81. The van der Waals surface area contributed by atoms with Crippen LogP contribution in [0, 0.1) is 0 Å². The molecule has 0 bridgehead atoms. The zero-order chi connectivity index (χ0) is 9.40. The van der Waals surface area contributed by atoms with Gasteiger partial charge >= 0.3 is 0 Å². The van der Waals surface area contributed by atoms with Gasteiger partial charge in [0.2, 0.25) is 0 Å². The molecule has 2 heteroatoms. The first-order valence-corrected chi connectivity index (χ1v) is 5.57. The van der Waals surface area contributed by atoms with Gasteiger partial charge < -0.3 is 4.74 Å². The number of hydrogen-bond donors (Lipinski definition) is 0. The van der Waals surface area contributed by atoms with Crippen LogP contribution in [0.4, 0.5) is 0 Å². The SMILES string of the molecule is C=C(OCC)SC(C)CCCC. The molecule has 0 radical (unpaired) electrons. The summed E-state index contributed by atoms with van der Waals surface area (Å²) in [6.07, 6.45) is 3.83. The topological polar surface area (TPSA) is 9.23 Å². The number of unbranched alkanes of at least 4 members (excludes halogenated alkanes) is 1. The summed E-state index contributed by atoms with van der Waals surface area (Å²) in [5.41, 5.74) is 0. The standard InChI is InChI=1S/C10H20OS/c1-5-7-8-9(3)12-10(4)11-6-2/h9H,4-8H2,1-3H3. The summed E-state index contributed by atoms with van der Waals surface area (Å²) < 4.78 is 5.26. The van der Waals surface area contributed by atoms with E-state index >= 15 is 0 Å². The van der Waals surface area contributed by atoms with Crippen molar-refractivity contribution in [3.63, 3.8) is 0 Å². The van der Waals surface area contributed by atoms with Crippen molar-refractivity contribution in [3.05, 3.63) is 11.7 Å². The van der Waals surface area contributed by atoms with Crippen molar-refractivity contribution in [3.8, 4) is 0 Å². The lowest BCUT2D eigenvalue weighted by Crippen LogP contribution is -1.97. The third-order valence-electron chi connectivity index (χ3n) is 1.60. The average Bonchev–Trinajstić information content (AvgIpc) is 2.01. The number of rotatable bonds is 7. The number of hydrogen-bond acceptors (Lipinski definition) is 2. The fourth-order valence-electron chi connectivity index (χ4n) is 0.970. The average molecular weight is 188 g/mol. The predicted molar refractivity (Wildman–Crippen MR) is 57.3 cm³/mol. The summed E-state index contributed by atoms with van der Waals surface area (Å²) in [5.74, 6) is 0. The van der Waals surface area contributed by atoms with Gasteiger partial charge in [-0.2, -0.15) is 0 Å². The lowest BCUT2D eigenvalue weighted by Gasteiger charge is -2.12. The van der Waals surface area contributed by atoms with Gasteiger partial charge in [0.1, 0.15) is 5.09 Å². The third kappa shape index (κ3) is 6.59. The van der Waals surface area contributed by atoms with Crippen molar-refractivity contribution in [1.29, 1.82) is 0 Å². The molecule has 0 saturated carbocycles. The maximum atomic E-state index is 5.26. The molecule has 0 aliphatic carbocycles. The summed E-state index contributed by atoms with van der Waals surface area (Å²) in [6.45, 7) is 11.0. The molecule has 0 heterocycles.